The number of thiocarbonyl (C=S) groups is 1. The lowest BCUT2D eigenvalue weighted by atomic mass is 10.1. The molecule has 1 rings (SSSR count). The summed E-state index contributed by atoms with van der Waals surface area (Å²) in [7, 11) is 0. The fourth-order valence-electron chi connectivity index (χ4n) is 1.87. The first-order chi connectivity index (χ1) is 7.68. The van der Waals surface area contributed by atoms with E-state index in [0.717, 1.165) is 24.7 Å². The topological polar surface area (TPSA) is 27.3 Å². The maximum atomic E-state index is 5.20. The van der Waals surface area contributed by atoms with Gasteiger partial charge in [-0.3, -0.25) is 0 Å². The summed E-state index contributed by atoms with van der Waals surface area (Å²) in [5.74, 6) is 0.641. The van der Waals surface area contributed by atoms with Crippen molar-refractivity contribution >= 4 is 17.3 Å². The molecule has 2 N–H and O–H groups in total. The van der Waals surface area contributed by atoms with Crippen molar-refractivity contribution in [2.24, 2.45) is 5.92 Å². The summed E-state index contributed by atoms with van der Waals surface area (Å²) in [4.78, 5) is 2.52. The van der Waals surface area contributed by atoms with Crippen LogP contribution in [0, 0.1) is 5.92 Å². The lowest BCUT2D eigenvalue weighted by Crippen LogP contribution is -2.42. The van der Waals surface area contributed by atoms with Gasteiger partial charge in [0.15, 0.2) is 5.11 Å². The van der Waals surface area contributed by atoms with Gasteiger partial charge in [0.2, 0.25) is 0 Å². The summed E-state index contributed by atoms with van der Waals surface area (Å²) < 4.78 is 0. The normalized spacial score (nSPS) is 17.4. The molecule has 0 atom stereocenters. The van der Waals surface area contributed by atoms with E-state index in [4.69, 9.17) is 12.2 Å². The van der Waals surface area contributed by atoms with Gasteiger partial charge in [0.1, 0.15) is 0 Å². The molecule has 94 valence electrons. The summed E-state index contributed by atoms with van der Waals surface area (Å²) in [6, 6.07) is 0. The first-order valence-corrected chi connectivity index (χ1v) is 6.83. The number of nitrogens with zero attached hydrogens (tertiary/aromatic N) is 1. The van der Waals surface area contributed by atoms with E-state index >= 15 is 0 Å². The van der Waals surface area contributed by atoms with Crippen molar-refractivity contribution in [2.75, 3.05) is 32.7 Å². The van der Waals surface area contributed by atoms with Gasteiger partial charge >= 0.3 is 0 Å². The predicted molar refractivity (Wildman–Crippen MR) is 73.7 cm³/mol. The second-order valence-corrected chi connectivity index (χ2v) is 5.34. The van der Waals surface area contributed by atoms with Crippen molar-refractivity contribution in [3.8, 4) is 0 Å². The maximum absolute atomic E-state index is 5.20. The van der Waals surface area contributed by atoms with E-state index in [0.29, 0.717) is 5.92 Å². The fourth-order valence-corrected chi connectivity index (χ4v) is 2.06. The molecule has 0 aromatic carbocycles. The SMILES string of the molecule is CC(C)CNC(=S)NCCN1CCCCC1. The van der Waals surface area contributed by atoms with Crippen LogP contribution in [0.25, 0.3) is 0 Å². The first kappa shape index (κ1) is 13.7. The second kappa shape index (κ2) is 7.85. The van der Waals surface area contributed by atoms with Crippen LogP contribution in [-0.2, 0) is 0 Å². The quantitative estimate of drug-likeness (QED) is 0.717. The third kappa shape index (κ3) is 6.28. The molecule has 0 aromatic heterocycles. The smallest absolute Gasteiger partial charge is 0.166 e. The van der Waals surface area contributed by atoms with Crippen molar-refractivity contribution in [2.45, 2.75) is 33.1 Å². The van der Waals surface area contributed by atoms with Gasteiger partial charge < -0.3 is 15.5 Å². The van der Waals surface area contributed by atoms with Gasteiger partial charge in [-0.2, -0.15) is 0 Å². The van der Waals surface area contributed by atoms with Crippen molar-refractivity contribution in [3.05, 3.63) is 0 Å². The van der Waals surface area contributed by atoms with Gasteiger partial charge in [-0.15, -0.1) is 0 Å². The van der Waals surface area contributed by atoms with E-state index in [9.17, 15) is 0 Å². The molecule has 0 aliphatic carbocycles. The monoisotopic (exact) mass is 243 g/mol. The molecule has 3 nitrogen and oxygen atoms in total. The van der Waals surface area contributed by atoms with Crippen molar-refractivity contribution in [3.63, 3.8) is 0 Å². The van der Waals surface area contributed by atoms with E-state index < -0.39 is 0 Å². The molecule has 1 heterocycles. The summed E-state index contributed by atoms with van der Waals surface area (Å²) in [5, 5.41) is 7.28. The molecule has 0 unspecified atom stereocenters. The van der Waals surface area contributed by atoms with Gasteiger partial charge in [0, 0.05) is 19.6 Å². The number of nitrogens with one attached hydrogen (secondary N) is 2. The van der Waals surface area contributed by atoms with Crippen LogP contribution in [0.5, 0.6) is 0 Å². The molecule has 1 fully saturated rings. The predicted octanol–water partition coefficient (Wildman–Crippen LogP) is 1.59. The summed E-state index contributed by atoms with van der Waals surface area (Å²) in [6.45, 7) is 9.91. The lowest BCUT2D eigenvalue weighted by Gasteiger charge is -2.26. The molecule has 0 bridgehead atoms. The molecule has 0 aromatic rings. The Morgan fingerprint density at radius 2 is 1.88 bits per heavy atom. The third-order valence-corrected chi connectivity index (χ3v) is 3.12. The van der Waals surface area contributed by atoms with Gasteiger partial charge in [-0.1, -0.05) is 20.3 Å². The highest BCUT2D eigenvalue weighted by molar-refractivity contribution is 7.80. The van der Waals surface area contributed by atoms with Crippen LogP contribution in [0.4, 0.5) is 0 Å². The second-order valence-electron chi connectivity index (χ2n) is 4.93. The minimum Gasteiger partial charge on any atom is -0.362 e. The molecule has 0 radical (unpaired) electrons. The zero-order valence-corrected chi connectivity index (χ0v) is 11.4. The molecule has 0 saturated carbocycles. The Bertz CT molecular complexity index is 200. The molecule has 1 saturated heterocycles. The van der Waals surface area contributed by atoms with E-state index in [2.05, 4.69) is 29.4 Å². The van der Waals surface area contributed by atoms with Crippen LogP contribution in [0.15, 0.2) is 0 Å². The van der Waals surface area contributed by atoms with Crippen LogP contribution in [0.1, 0.15) is 33.1 Å². The molecule has 0 amide bonds. The minimum atomic E-state index is 0.641. The Labute approximate surface area is 105 Å². The van der Waals surface area contributed by atoms with Crippen molar-refractivity contribution in [1.29, 1.82) is 0 Å². The minimum absolute atomic E-state index is 0.641. The van der Waals surface area contributed by atoms with Crippen LogP contribution in [0.2, 0.25) is 0 Å². The molecule has 1 aliphatic rings. The van der Waals surface area contributed by atoms with Gasteiger partial charge in [0.25, 0.3) is 0 Å². The summed E-state index contributed by atoms with van der Waals surface area (Å²) in [5.41, 5.74) is 0. The van der Waals surface area contributed by atoms with E-state index in [-0.39, 0.29) is 0 Å². The average molecular weight is 243 g/mol. The largest absolute Gasteiger partial charge is 0.362 e. The Balaban J connectivity index is 1.99. The maximum Gasteiger partial charge on any atom is 0.166 e. The number of piperidine rings is 1. The number of hydrogen-bond donors (Lipinski definition) is 2. The van der Waals surface area contributed by atoms with Crippen LogP contribution >= 0.6 is 12.2 Å². The standard InChI is InChI=1S/C12H25N3S/c1-11(2)10-14-12(16)13-6-9-15-7-4-3-5-8-15/h11H,3-10H2,1-2H3,(H2,13,14,16). The number of rotatable bonds is 5. The third-order valence-electron chi connectivity index (χ3n) is 2.83. The highest BCUT2D eigenvalue weighted by Crippen LogP contribution is 2.07. The van der Waals surface area contributed by atoms with Crippen molar-refractivity contribution < 1.29 is 0 Å². The average Bonchev–Trinajstić information content (AvgIpc) is 2.28. The number of hydrogen-bond acceptors (Lipinski definition) is 2. The molecule has 0 spiro atoms. The van der Waals surface area contributed by atoms with E-state index in [1.165, 1.54) is 32.4 Å². The molecular weight excluding hydrogens is 218 g/mol. The summed E-state index contributed by atoms with van der Waals surface area (Å²) >= 11 is 5.20. The van der Waals surface area contributed by atoms with E-state index in [1.54, 1.807) is 0 Å². The fraction of sp³-hybridized carbons (Fsp3) is 0.917. The Hall–Kier alpha value is -0.350. The zero-order valence-electron chi connectivity index (χ0n) is 10.6. The van der Waals surface area contributed by atoms with Crippen LogP contribution in [0.3, 0.4) is 0 Å². The molecular formula is C12H25N3S. The van der Waals surface area contributed by atoms with E-state index in [1.807, 2.05) is 0 Å². The lowest BCUT2D eigenvalue weighted by molar-refractivity contribution is 0.232. The highest BCUT2D eigenvalue weighted by Gasteiger charge is 2.08. The Morgan fingerprint density at radius 1 is 1.19 bits per heavy atom. The zero-order chi connectivity index (χ0) is 11.8. The molecule has 4 heteroatoms. The molecule has 1 aliphatic heterocycles. The Morgan fingerprint density at radius 3 is 2.50 bits per heavy atom. The molecule has 16 heavy (non-hydrogen) atoms. The van der Waals surface area contributed by atoms with Crippen molar-refractivity contribution in [1.82, 2.24) is 15.5 Å². The van der Waals surface area contributed by atoms with Crippen LogP contribution < -0.4 is 10.6 Å². The van der Waals surface area contributed by atoms with Gasteiger partial charge in [-0.05, 0) is 44.1 Å². The number of likely N-dealkylation sites (tertiary alicyclic amines) is 1. The van der Waals surface area contributed by atoms with Crippen LogP contribution in [-0.4, -0.2) is 42.7 Å². The Kier molecular flexibility index (Phi) is 6.73. The van der Waals surface area contributed by atoms with Gasteiger partial charge in [0.05, 0.1) is 0 Å². The first-order valence-electron chi connectivity index (χ1n) is 6.42. The summed E-state index contributed by atoms with van der Waals surface area (Å²) in [6.07, 6.45) is 4.12. The highest BCUT2D eigenvalue weighted by atomic mass is 32.1. The van der Waals surface area contributed by atoms with Gasteiger partial charge in [-0.25, -0.2) is 0 Å².